The molecule has 1 spiro atoms. The zero-order valence-electron chi connectivity index (χ0n) is 15.1. The van der Waals surface area contributed by atoms with Crippen LogP contribution in [0.2, 0.25) is 0 Å². The van der Waals surface area contributed by atoms with Gasteiger partial charge in [-0.15, -0.1) is 0 Å². The number of hydrogen-bond acceptors (Lipinski definition) is 6. The number of amides is 1. The molecule has 7 nitrogen and oxygen atoms in total. The number of hydrogen-bond donors (Lipinski definition) is 1. The van der Waals surface area contributed by atoms with Gasteiger partial charge >= 0.3 is 0 Å². The molecule has 0 bridgehead atoms. The zero-order valence-corrected chi connectivity index (χ0v) is 15.1. The number of rotatable bonds is 3. The van der Waals surface area contributed by atoms with Gasteiger partial charge in [0.25, 0.3) is 5.91 Å². The number of likely N-dealkylation sites (tertiary alicyclic amines) is 1. The Morgan fingerprint density at radius 1 is 1.19 bits per heavy atom. The van der Waals surface area contributed by atoms with E-state index in [9.17, 15) is 9.18 Å². The van der Waals surface area contributed by atoms with Crippen molar-refractivity contribution in [2.75, 3.05) is 31.6 Å². The zero-order chi connectivity index (χ0) is 18.9. The Morgan fingerprint density at radius 2 is 1.93 bits per heavy atom. The Bertz CT molecular complexity index is 845. The molecule has 1 amide bonds. The molecule has 1 aromatic heterocycles. The van der Waals surface area contributed by atoms with Crippen molar-refractivity contribution in [3.05, 3.63) is 47.7 Å². The summed E-state index contributed by atoms with van der Waals surface area (Å²) < 4.78 is 24.8. The van der Waals surface area contributed by atoms with Crippen LogP contribution in [0.1, 0.15) is 29.2 Å². The highest BCUT2D eigenvalue weighted by Crippen LogP contribution is 2.31. The van der Waals surface area contributed by atoms with Crippen molar-refractivity contribution in [1.29, 1.82) is 0 Å². The minimum Gasteiger partial charge on any atom is -0.347 e. The molecule has 0 radical (unpaired) electrons. The van der Waals surface area contributed by atoms with Gasteiger partial charge in [0, 0.05) is 37.7 Å². The Hall–Kier alpha value is -2.58. The van der Waals surface area contributed by atoms with E-state index in [1.807, 2.05) is 0 Å². The molecule has 0 saturated carbocycles. The summed E-state index contributed by atoms with van der Waals surface area (Å²) in [5, 5.41) is 3.02. The summed E-state index contributed by atoms with van der Waals surface area (Å²) in [5.74, 6) is -0.109. The molecule has 0 atom stereocenters. The molecule has 4 rings (SSSR count). The molecule has 2 aromatic rings. The lowest BCUT2D eigenvalue weighted by molar-refractivity contribution is -0.181. The second-order valence-corrected chi connectivity index (χ2v) is 6.72. The van der Waals surface area contributed by atoms with E-state index >= 15 is 0 Å². The molecule has 3 heterocycles. The van der Waals surface area contributed by atoms with Crippen LogP contribution in [0.4, 0.5) is 15.9 Å². The molecule has 2 saturated heterocycles. The van der Waals surface area contributed by atoms with Crippen LogP contribution in [0.15, 0.2) is 30.3 Å². The van der Waals surface area contributed by atoms with Crippen LogP contribution in [-0.4, -0.2) is 52.9 Å². The first-order chi connectivity index (χ1) is 13.0. The van der Waals surface area contributed by atoms with Gasteiger partial charge < -0.3 is 19.7 Å². The van der Waals surface area contributed by atoms with E-state index in [2.05, 4.69) is 15.3 Å². The molecule has 27 heavy (non-hydrogen) atoms. The molecule has 0 aliphatic carbocycles. The topological polar surface area (TPSA) is 76.6 Å². The number of aryl methyl sites for hydroxylation is 1. The molecule has 2 aliphatic heterocycles. The van der Waals surface area contributed by atoms with Gasteiger partial charge in [-0.05, 0) is 25.1 Å². The highest BCUT2D eigenvalue weighted by Gasteiger charge is 2.41. The lowest BCUT2D eigenvalue weighted by atomic mass is 10.0. The number of piperidine rings is 1. The molecule has 2 aliphatic rings. The number of nitrogens with zero attached hydrogens (tertiary/aromatic N) is 3. The van der Waals surface area contributed by atoms with Crippen molar-refractivity contribution < 1.29 is 18.7 Å². The largest absolute Gasteiger partial charge is 0.347 e. The smallest absolute Gasteiger partial charge is 0.272 e. The SMILES string of the molecule is Cc1nc(Nc2cccc(F)c2)cc(C(=O)N2CCC3(CC2)OCCO3)n1. The number of benzene rings is 1. The minimum absolute atomic E-state index is 0.157. The standard InChI is InChI=1S/C19H21FN4O3/c1-13-21-16(12-17(22-13)23-15-4-2-3-14(20)11-15)18(25)24-7-5-19(6-8-24)26-9-10-27-19/h2-4,11-12H,5-10H2,1H3,(H,21,22,23). The van der Waals surface area contributed by atoms with Crippen LogP contribution in [0, 0.1) is 12.7 Å². The van der Waals surface area contributed by atoms with Gasteiger partial charge in [-0.3, -0.25) is 4.79 Å². The summed E-state index contributed by atoms with van der Waals surface area (Å²) >= 11 is 0. The number of carbonyl (C=O) groups is 1. The number of nitrogens with one attached hydrogen (secondary N) is 1. The second kappa shape index (κ2) is 7.21. The maximum absolute atomic E-state index is 13.4. The monoisotopic (exact) mass is 372 g/mol. The van der Waals surface area contributed by atoms with Crippen molar-refractivity contribution in [3.8, 4) is 0 Å². The maximum Gasteiger partial charge on any atom is 0.272 e. The van der Waals surface area contributed by atoms with Crippen LogP contribution < -0.4 is 5.32 Å². The van der Waals surface area contributed by atoms with E-state index in [-0.39, 0.29) is 11.7 Å². The Kier molecular flexibility index (Phi) is 4.75. The fraction of sp³-hybridized carbons (Fsp3) is 0.421. The summed E-state index contributed by atoms with van der Waals surface area (Å²) in [6.45, 7) is 4.03. The molecule has 142 valence electrons. The van der Waals surface area contributed by atoms with Crippen molar-refractivity contribution in [2.24, 2.45) is 0 Å². The van der Waals surface area contributed by atoms with Crippen LogP contribution >= 0.6 is 0 Å². The van der Waals surface area contributed by atoms with Gasteiger partial charge in [-0.25, -0.2) is 14.4 Å². The lowest BCUT2D eigenvalue weighted by Gasteiger charge is -2.37. The predicted octanol–water partition coefficient (Wildman–Crippen LogP) is 2.65. The van der Waals surface area contributed by atoms with E-state index in [1.165, 1.54) is 12.1 Å². The Morgan fingerprint density at radius 3 is 2.63 bits per heavy atom. The first-order valence-electron chi connectivity index (χ1n) is 8.99. The summed E-state index contributed by atoms with van der Waals surface area (Å²) in [5.41, 5.74) is 0.868. The highest BCUT2D eigenvalue weighted by molar-refractivity contribution is 5.93. The first kappa shape index (κ1) is 17.8. The average Bonchev–Trinajstić information content (AvgIpc) is 3.09. The number of carbonyl (C=O) groups excluding carboxylic acids is 1. The summed E-state index contributed by atoms with van der Waals surface area (Å²) in [4.78, 5) is 23.2. The van der Waals surface area contributed by atoms with Gasteiger partial charge in [0.05, 0.1) is 13.2 Å². The third-order valence-electron chi connectivity index (χ3n) is 4.78. The normalized spacial score (nSPS) is 18.7. The predicted molar refractivity (Wildman–Crippen MR) is 96.2 cm³/mol. The number of halogens is 1. The third kappa shape index (κ3) is 3.91. The maximum atomic E-state index is 13.4. The molecule has 2 fully saturated rings. The Labute approximate surface area is 156 Å². The Balaban J connectivity index is 1.48. The van der Waals surface area contributed by atoms with Crippen LogP contribution in [0.25, 0.3) is 0 Å². The van der Waals surface area contributed by atoms with Crippen molar-refractivity contribution in [2.45, 2.75) is 25.6 Å². The third-order valence-corrected chi connectivity index (χ3v) is 4.78. The van der Waals surface area contributed by atoms with Crippen LogP contribution in [-0.2, 0) is 9.47 Å². The lowest BCUT2D eigenvalue weighted by Crippen LogP contribution is -2.47. The molecule has 8 heteroatoms. The number of anilines is 2. The fourth-order valence-corrected chi connectivity index (χ4v) is 3.45. The van der Waals surface area contributed by atoms with E-state index in [1.54, 1.807) is 30.0 Å². The second-order valence-electron chi connectivity index (χ2n) is 6.72. The van der Waals surface area contributed by atoms with E-state index in [0.717, 1.165) is 0 Å². The van der Waals surface area contributed by atoms with E-state index in [0.29, 0.717) is 62.2 Å². The summed E-state index contributed by atoms with van der Waals surface area (Å²) in [6.07, 6.45) is 1.30. The van der Waals surface area contributed by atoms with Crippen molar-refractivity contribution >= 4 is 17.4 Å². The van der Waals surface area contributed by atoms with Crippen molar-refractivity contribution in [3.63, 3.8) is 0 Å². The van der Waals surface area contributed by atoms with Gasteiger partial charge in [0.2, 0.25) is 0 Å². The first-order valence-corrected chi connectivity index (χ1v) is 8.99. The van der Waals surface area contributed by atoms with Crippen LogP contribution in [0.3, 0.4) is 0 Å². The quantitative estimate of drug-likeness (QED) is 0.893. The van der Waals surface area contributed by atoms with Gasteiger partial charge in [0.1, 0.15) is 23.2 Å². The summed E-state index contributed by atoms with van der Waals surface area (Å²) in [7, 11) is 0. The van der Waals surface area contributed by atoms with Gasteiger partial charge in [0.15, 0.2) is 5.79 Å². The van der Waals surface area contributed by atoms with E-state index in [4.69, 9.17) is 9.47 Å². The number of aromatic nitrogens is 2. The van der Waals surface area contributed by atoms with Crippen molar-refractivity contribution in [1.82, 2.24) is 14.9 Å². The fourth-order valence-electron chi connectivity index (χ4n) is 3.45. The molecular weight excluding hydrogens is 351 g/mol. The minimum atomic E-state index is -0.525. The van der Waals surface area contributed by atoms with E-state index < -0.39 is 5.79 Å². The molecule has 0 unspecified atom stereocenters. The highest BCUT2D eigenvalue weighted by atomic mass is 19.1. The van der Waals surface area contributed by atoms with Gasteiger partial charge in [-0.1, -0.05) is 6.07 Å². The van der Waals surface area contributed by atoms with Gasteiger partial charge in [-0.2, -0.15) is 0 Å². The van der Waals surface area contributed by atoms with Crippen LogP contribution in [0.5, 0.6) is 0 Å². The molecule has 1 aromatic carbocycles. The summed E-state index contributed by atoms with van der Waals surface area (Å²) in [6, 6.07) is 7.66. The average molecular weight is 372 g/mol. The molecule has 1 N–H and O–H groups in total. The number of ether oxygens (including phenoxy) is 2. The molecular formula is C19H21FN4O3.